The standard InChI is InChI=1S/C26H18ClF2N9/c27-20-7-16(34-24(14-2-1-5-31-10-14)22-13-38(37-36-22)18-3-4-18)6-19-23(15(9-30)11-32-25(19)20)35-17-8-21(28)26(29)33-12-17/h1-2,5-8,10-13,18,24,34H,3-4H2,(H,32,35)/t24-/m0/s1/i24D. The van der Waals surface area contributed by atoms with E-state index in [1.54, 1.807) is 47.5 Å². The zero-order valence-corrected chi connectivity index (χ0v) is 20.3. The lowest BCUT2D eigenvalue weighted by molar-refractivity contribution is 0.480. The summed E-state index contributed by atoms with van der Waals surface area (Å²) in [6.45, 7) is 0. The molecule has 5 aromatic rings. The van der Waals surface area contributed by atoms with Gasteiger partial charge in [-0.25, -0.2) is 14.1 Å². The van der Waals surface area contributed by atoms with Crippen molar-refractivity contribution < 1.29 is 10.2 Å². The van der Waals surface area contributed by atoms with E-state index >= 15 is 0 Å². The van der Waals surface area contributed by atoms with Crippen molar-refractivity contribution in [2.45, 2.75) is 24.9 Å². The van der Waals surface area contributed by atoms with Gasteiger partial charge in [0.2, 0.25) is 5.95 Å². The van der Waals surface area contributed by atoms with E-state index in [4.69, 9.17) is 11.6 Å². The molecule has 0 radical (unpaired) electrons. The van der Waals surface area contributed by atoms with Gasteiger partial charge in [-0.15, -0.1) is 5.10 Å². The second-order valence-corrected chi connectivity index (χ2v) is 9.10. The predicted octanol–water partition coefficient (Wildman–Crippen LogP) is 5.70. The number of benzene rings is 1. The SMILES string of the molecule is [2H][C@](Nc1cc(Cl)c2ncc(C#N)c(Nc3cnc(F)c(F)c3)c2c1)(c1cccnc1)c1cn(C2CC2)nn1. The molecule has 0 aliphatic heterocycles. The number of rotatable bonds is 7. The molecular formula is C26H18ClF2N9. The van der Waals surface area contributed by atoms with Gasteiger partial charge in [-0.3, -0.25) is 9.97 Å². The molecule has 12 heteroatoms. The Kier molecular flexibility index (Phi) is 5.71. The number of nitrogens with zero attached hydrogens (tertiary/aromatic N) is 7. The van der Waals surface area contributed by atoms with Crippen LogP contribution in [0.4, 0.5) is 25.8 Å². The zero-order chi connectivity index (χ0) is 27.1. The third-order valence-electron chi connectivity index (χ3n) is 6.02. The summed E-state index contributed by atoms with van der Waals surface area (Å²) in [6, 6.07) is 8.40. The molecule has 1 fully saturated rings. The number of aromatic nitrogens is 6. The van der Waals surface area contributed by atoms with E-state index in [1.165, 1.54) is 6.20 Å². The van der Waals surface area contributed by atoms with Crippen LogP contribution in [0.1, 0.15) is 43.1 Å². The molecule has 6 rings (SSSR count). The first-order chi connectivity index (χ1) is 18.9. The summed E-state index contributed by atoms with van der Waals surface area (Å²) in [4.78, 5) is 11.9. The molecule has 38 heavy (non-hydrogen) atoms. The molecule has 1 aromatic carbocycles. The van der Waals surface area contributed by atoms with Crippen molar-refractivity contribution in [1.29, 1.82) is 5.26 Å². The first-order valence-electron chi connectivity index (χ1n) is 12.1. The summed E-state index contributed by atoms with van der Waals surface area (Å²) in [5.41, 5.74) is 2.16. The molecule has 1 aliphatic rings. The molecule has 0 bridgehead atoms. The van der Waals surface area contributed by atoms with Crippen LogP contribution >= 0.6 is 11.6 Å². The van der Waals surface area contributed by atoms with Gasteiger partial charge in [-0.2, -0.15) is 9.65 Å². The molecule has 0 spiro atoms. The Bertz CT molecular complexity index is 1750. The van der Waals surface area contributed by atoms with Crippen molar-refractivity contribution in [1.82, 2.24) is 29.9 Å². The van der Waals surface area contributed by atoms with E-state index in [2.05, 4.69) is 35.9 Å². The molecule has 1 aliphatic carbocycles. The topological polar surface area (TPSA) is 117 Å². The van der Waals surface area contributed by atoms with Crippen molar-refractivity contribution in [3.8, 4) is 6.07 Å². The average Bonchev–Trinajstić information content (AvgIpc) is 3.67. The fourth-order valence-electron chi connectivity index (χ4n) is 4.03. The van der Waals surface area contributed by atoms with Crippen LogP contribution < -0.4 is 10.6 Å². The third kappa shape index (κ3) is 4.57. The quantitative estimate of drug-likeness (QED) is 0.257. The van der Waals surface area contributed by atoms with Gasteiger partial charge in [0.05, 0.1) is 53.3 Å². The van der Waals surface area contributed by atoms with Gasteiger partial charge in [0.1, 0.15) is 11.8 Å². The van der Waals surface area contributed by atoms with Crippen molar-refractivity contribution in [2.75, 3.05) is 10.6 Å². The van der Waals surface area contributed by atoms with E-state index in [1.807, 2.05) is 6.07 Å². The molecule has 9 nitrogen and oxygen atoms in total. The van der Waals surface area contributed by atoms with Crippen molar-refractivity contribution in [3.05, 3.63) is 94.9 Å². The first-order valence-corrected chi connectivity index (χ1v) is 11.9. The van der Waals surface area contributed by atoms with E-state index in [0.717, 1.165) is 25.1 Å². The summed E-state index contributed by atoms with van der Waals surface area (Å²) in [5, 5.41) is 25.0. The van der Waals surface area contributed by atoms with Crippen LogP contribution in [0.5, 0.6) is 0 Å². The van der Waals surface area contributed by atoms with Crippen molar-refractivity contribution in [2.24, 2.45) is 0 Å². The smallest absolute Gasteiger partial charge is 0.249 e. The number of halogens is 3. The maximum Gasteiger partial charge on any atom is 0.249 e. The van der Waals surface area contributed by atoms with Crippen LogP contribution in [0, 0.1) is 23.1 Å². The lowest BCUT2D eigenvalue weighted by atomic mass is 10.0. The molecule has 1 saturated carbocycles. The minimum absolute atomic E-state index is 0.120. The van der Waals surface area contributed by atoms with E-state index in [0.29, 0.717) is 27.8 Å². The number of anilines is 3. The molecular weight excluding hydrogens is 512 g/mol. The third-order valence-corrected chi connectivity index (χ3v) is 6.31. The Morgan fingerprint density at radius 3 is 2.76 bits per heavy atom. The predicted molar refractivity (Wildman–Crippen MR) is 137 cm³/mol. The number of hydrogen-bond acceptors (Lipinski definition) is 8. The van der Waals surface area contributed by atoms with Gasteiger partial charge in [0.25, 0.3) is 0 Å². The molecule has 4 heterocycles. The lowest BCUT2D eigenvalue weighted by Crippen LogP contribution is -2.13. The number of nitriles is 1. The second-order valence-electron chi connectivity index (χ2n) is 8.69. The molecule has 0 unspecified atom stereocenters. The highest BCUT2D eigenvalue weighted by molar-refractivity contribution is 6.36. The highest BCUT2D eigenvalue weighted by atomic mass is 35.5. The van der Waals surface area contributed by atoms with Gasteiger partial charge in [0.15, 0.2) is 5.82 Å². The summed E-state index contributed by atoms with van der Waals surface area (Å²) in [7, 11) is 0. The molecule has 0 amide bonds. The Balaban J connectivity index is 1.47. The second kappa shape index (κ2) is 9.64. The van der Waals surface area contributed by atoms with Gasteiger partial charge in [0, 0.05) is 35.7 Å². The van der Waals surface area contributed by atoms with E-state index in [-0.39, 0.29) is 28.0 Å². The highest BCUT2D eigenvalue weighted by Crippen LogP contribution is 2.38. The van der Waals surface area contributed by atoms with Crippen LogP contribution in [0.3, 0.4) is 0 Å². The van der Waals surface area contributed by atoms with Crippen LogP contribution in [0.25, 0.3) is 10.9 Å². The summed E-state index contributed by atoms with van der Waals surface area (Å²) in [6.07, 6.45) is 9.37. The number of pyridine rings is 3. The minimum atomic E-state index is -1.60. The zero-order valence-electron chi connectivity index (χ0n) is 20.5. The van der Waals surface area contributed by atoms with Gasteiger partial charge in [-0.1, -0.05) is 22.9 Å². The van der Waals surface area contributed by atoms with Crippen LogP contribution in [0.2, 0.25) is 5.02 Å². The van der Waals surface area contributed by atoms with Gasteiger partial charge >= 0.3 is 0 Å². The number of fused-ring (bicyclic) bond motifs is 1. The lowest BCUT2D eigenvalue weighted by Gasteiger charge is -2.19. The maximum absolute atomic E-state index is 13.8. The Labute approximate surface area is 221 Å². The molecule has 4 aromatic heterocycles. The van der Waals surface area contributed by atoms with Gasteiger partial charge < -0.3 is 10.6 Å². The average molecular weight is 531 g/mol. The van der Waals surface area contributed by atoms with Crippen LogP contribution in [-0.4, -0.2) is 29.9 Å². The van der Waals surface area contributed by atoms with Crippen molar-refractivity contribution >= 4 is 39.6 Å². The Morgan fingerprint density at radius 1 is 1.16 bits per heavy atom. The van der Waals surface area contributed by atoms with Crippen molar-refractivity contribution in [3.63, 3.8) is 0 Å². The highest BCUT2D eigenvalue weighted by Gasteiger charge is 2.27. The largest absolute Gasteiger partial charge is 0.373 e. The maximum atomic E-state index is 13.8. The molecule has 2 N–H and O–H groups in total. The summed E-state index contributed by atoms with van der Waals surface area (Å²) in [5.74, 6) is -2.39. The summed E-state index contributed by atoms with van der Waals surface area (Å²) >= 11 is 6.61. The van der Waals surface area contributed by atoms with E-state index in [9.17, 15) is 15.4 Å². The summed E-state index contributed by atoms with van der Waals surface area (Å²) < 4.78 is 38.5. The minimum Gasteiger partial charge on any atom is -0.373 e. The Hall–Kier alpha value is -4.69. The van der Waals surface area contributed by atoms with Crippen LogP contribution in [0.15, 0.2) is 61.3 Å². The van der Waals surface area contributed by atoms with Gasteiger partial charge in [-0.05, 0) is 36.6 Å². The number of nitrogens with one attached hydrogen (secondary N) is 2. The normalized spacial score (nSPS) is 14.9. The molecule has 0 saturated heterocycles. The Morgan fingerprint density at radius 2 is 2.03 bits per heavy atom. The first kappa shape index (κ1) is 22.5. The fourth-order valence-corrected chi connectivity index (χ4v) is 4.30. The van der Waals surface area contributed by atoms with Crippen LogP contribution in [-0.2, 0) is 0 Å². The molecule has 188 valence electrons. The monoisotopic (exact) mass is 530 g/mol. The molecule has 1 atom stereocenters. The fraction of sp³-hybridized carbons (Fsp3) is 0.154. The number of hydrogen-bond donors (Lipinski definition) is 2. The van der Waals surface area contributed by atoms with E-state index < -0.39 is 17.8 Å².